The fourth-order valence-electron chi connectivity index (χ4n) is 3.41. The minimum Gasteiger partial charge on any atom is -0.492 e. The molecule has 0 spiro atoms. The van der Waals surface area contributed by atoms with Gasteiger partial charge in [0.25, 0.3) is 0 Å². The Morgan fingerprint density at radius 1 is 1.11 bits per heavy atom. The van der Waals surface area contributed by atoms with Gasteiger partial charge in [0, 0.05) is 24.5 Å². The highest BCUT2D eigenvalue weighted by molar-refractivity contribution is 6.01. The van der Waals surface area contributed by atoms with Crippen LogP contribution in [-0.4, -0.2) is 30.0 Å². The van der Waals surface area contributed by atoms with Crippen LogP contribution in [0, 0.1) is 5.92 Å². The van der Waals surface area contributed by atoms with Crippen molar-refractivity contribution < 1.29 is 19.1 Å². The van der Waals surface area contributed by atoms with E-state index < -0.39 is 11.9 Å². The lowest BCUT2D eigenvalue weighted by Gasteiger charge is -2.20. The maximum atomic E-state index is 12.7. The molecule has 1 atom stereocenters. The van der Waals surface area contributed by atoms with Crippen LogP contribution in [0.15, 0.2) is 60.8 Å². The first kappa shape index (κ1) is 18.0. The van der Waals surface area contributed by atoms with Crippen LogP contribution in [0.5, 0.6) is 11.5 Å². The summed E-state index contributed by atoms with van der Waals surface area (Å²) in [5, 5.41) is 0.891. The highest BCUT2D eigenvalue weighted by atomic mass is 16.5. The quantitative estimate of drug-likeness (QED) is 0.503. The molecule has 0 bridgehead atoms. The molecule has 0 unspecified atom stereocenters. The molecule has 1 saturated heterocycles. The van der Waals surface area contributed by atoms with Gasteiger partial charge in [0.15, 0.2) is 5.75 Å². The van der Waals surface area contributed by atoms with Gasteiger partial charge in [-0.25, -0.2) is 0 Å². The lowest BCUT2D eigenvalue weighted by molar-refractivity contribution is -0.139. The van der Waals surface area contributed by atoms with E-state index >= 15 is 0 Å². The first-order valence-corrected chi connectivity index (χ1v) is 9.25. The van der Waals surface area contributed by atoms with Crippen molar-refractivity contribution in [2.75, 3.05) is 18.1 Å². The van der Waals surface area contributed by atoms with E-state index in [-0.39, 0.29) is 18.9 Å². The van der Waals surface area contributed by atoms with Crippen LogP contribution in [0.3, 0.4) is 0 Å². The van der Waals surface area contributed by atoms with E-state index in [4.69, 9.17) is 9.47 Å². The van der Waals surface area contributed by atoms with Gasteiger partial charge in [-0.2, -0.15) is 0 Å². The summed E-state index contributed by atoms with van der Waals surface area (Å²) in [5.74, 6) is -0.0523. The summed E-state index contributed by atoms with van der Waals surface area (Å²) >= 11 is 0. The third kappa shape index (κ3) is 3.41. The van der Waals surface area contributed by atoms with Crippen molar-refractivity contribution >= 4 is 28.5 Å². The number of rotatable bonds is 5. The number of carbonyl (C=O) groups is 2. The molecule has 0 N–H and O–H groups in total. The van der Waals surface area contributed by atoms with Crippen molar-refractivity contribution in [3.8, 4) is 11.5 Å². The van der Waals surface area contributed by atoms with E-state index in [1.54, 1.807) is 17.2 Å². The van der Waals surface area contributed by atoms with Crippen LogP contribution < -0.4 is 14.4 Å². The zero-order chi connectivity index (χ0) is 19.5. The zero-order valence-corrected chi connectivity index (χ0v) is 15.5. The predicted molar refractivity (Wildman–Crippen MR) is 105 cm³/mol. The first-order valence-electron chi connectivity index (χ1n) is 9.25. The molecule has 1 aromatic heterocycles. The molecule has 0 radical (unpaired) electrons. The Bertz CT molecular complexity index is 1030. The number of aromatic nitrogens is 1. The molecular formula is C22H20N2O4. The Kier molecular flexibility index (Phi) is 4.93. The number of pyridine rings is 1. The monoisotopic (exact) mass is 376 g/mol. The van der Waals surface area contributed by atoms with Gasteiger partial charge in [0.1, 0.15) is 11.3 Å². The normalized spacial score (nSPS) is 16.4. The van der Waals surface area contributed by atoms with Crippen LogP contribution in [0.25, 0.3) is 10.9 Å². The number of carbonyl (C=O) groups excluding carboxylic acids is 2. The molecule has 1 fully saturated rings. The number of para-hydroxylation sites is 3. The van der Waals surface area contributed by atoms with Crippen molar-refractivity contribution in [3.63, 3.8) is 0 Å². The zero-order valence-electron chi connectivity index (χ0n) is 15.5. The molecule has 0 saturated carbocycles. The summed E-state index contributed by atoms with van der Waals surface area (Å²) in [6.07, 6.45) is 1.77. The second-order valence-corrected chi connectivity index (χ2v) is 6.56. The minimum absolute atomic E-state index is 0.109. The van der Waals surface area contributed by atoms with Crippen molar-refractivity contribution in [1.82, 2.24) is 4.98 Å². The minimum atomic E-state index is -0.541. The number of nitrogens with zero attached hydrogens (tertiary/aromatic N) is 2. The summed E-state index contributed by atoms with van der Waals surface area (Å²) in [7, 11) is 0. The molecule has 6 heteroatoms. The van der Waals surface area contributed by atoms with Gasteiger partial charge >= 0.3 is 5.97 Å². The van der Waals surface area contributed by atoms with E-state index in [0.717, 1.165) is 5.39 Å². The van der Waals surface area contributed by atoms with Gasteiger partial charge in [0.2, 0.25) is 5.91 Å². The molecule has 1 amide bonds. The van der Waals surface area contributed by atoms with E-state index in [9.17, 15) is 9.59 Å². The number of hydrogen-bond donors (Lipinski definition) is 0. The van der Waals surface area contributed by atoms with Crippen LogP contribution in [0.1, 0.15) is 13.3 Å². The second kappa shape index (κ2) is 7.68. The summed E-state index contributed by atoms with van der Waals surface area (Å²) in [6.45, 7) is 2.65. The maximum absolute atomic E-state index is 12.7. The largest absolute Gasteiger partial charge is 0.492 e. The molecule has 4 rings (SSSR count). The Morgan fingerprint density at radius 3 is 2.75 bits per heavy atom. The number of fused-ring (bicyclic) bond motifs is 1. The number of esters is 1. The fourth-order valence-corrected chi connectivity index (χ4v) is 3.41. The van der Waals surface area contributed by atoms with E-state index in [1.165, 1.54) is 0 Å². The molecule has 3 aromatic rings. The van der Waals surface area contributed by atoms with Crippen molar-refractivity contribution in [1.29, 1.82) is 0 Å². The van der Waals surface area contributed by atoms with Crippen LogP contribution in [0.2, 0.25) is 0 Å². The molecule has 6 nitrogen and oxygen atoms in total. The molecular weight excluding hydrogens is 356 g/mol. The highest BCUT2D eigenvalue weighted by Gasteiger charge is 2.37. The summed E-state index contributed by atoms with van der Waals surface area (Å²) in [6, 6.07) is 16.5. The molecule has 1 aliphatic heterocycles. The SMILES string of the molecule is CCOc1ccccc1N1C[C@H](C(=O)Oc2cccc3cccnc23)CC1=O. The van der Waals surface area contributed by atoms with E-state index in [1.807, 2.05) is 55.5 Å². The van der Waals surface area contributed by atoms with Crippen molar-refractivity contribution in [2.24, 2.45) is 5.92 Å². The Balaban J connectivity index is 1.53. The van der Waals surface area contributed by atoms with Crippen LogP contribution >= 0.6 is 0 Å². The van der Waals surface area contributed by atoms with Gasteiger partial charge in [0.05, 0.1) is 18.2 Å². The average Bonchev–Trinajstić information content (AvgIpc) is 3.11. The molecule has 1 aliphatic rings. The summed E-state index contributed by atoms with van der Waals surface area (Å²) in [5.41, 5.74) is 1.30. The van der Waals surface area contributed by atoms with Crippen LogP contribution in [0.4, 0.5) is 5.69 Å². The average molecular weight is 376 g/mol. The first-order chi connectivity index (χ1) is 13.7. The molecule has 0 aliphatic carbocycles. The van der Waals surface area contributed by atoms with Gasteiger partial charge in [-0.15, -0.1) is 0 Å². The van der Waals surface area contributed by atoms with Gasteiger partial charge in [-0.3, -0.25) is 14.6 Å². The third-order valence-corrected chi connectivity index (χ3v) is 4.72. The number of anilines is 1. The second-order valence-electron chi connectivity index (χ2n) is 6.56. The van der Waals surface area contributed by atoms with E-state index in [0.29, 0.717) is 29.3 Å². The summed E-state index contributed by atoms with van der Waals surface area (Å²) in [4.78, 5) is 31.2. The number of hydrogen-bond acceptors (Lipinski definition) is 5. The lowest BCUT2D eigenvalue weighted by atomic mass is 10.1. The standard InChI is InChI=1S/C22H20N2O4/c1-2-27-18-10-4-3-9-17(18)24-14-16(13-20(24)25)22(26)28-19-11-5-7-15-8-6-12-23-21(15)19/h3-12,16H,2,13-14H2,1H3/t16-/m1/s1. The number of ether oxygens (including phenoxy) is 2. The van der Waals surface area contributed by atoms with Crippen molar-refractivity contribution in [3.05, 3.63) is 60.8 Å². The van der Waals surface area contributed by atoms with Crippen LogP contribution in [-0.2, 0) is 9.59 Å². The number of amides is 1. The molecule has 2 aromatic carbocycles. The van der Waals surface area contributed by atoms with Gasteiger partial charge in [-0.05, 0) is 31.2 Å². The van der Waals surface area contributed by atoms with Crippen molar-refractivity contribution in [2.45, 2.75) is 13.3 Å². The molecule has 142 valence electrons. The van der Waals surface area contributed by atoms with E-state index in [2.05, 4.69) is 4.98 Å². The predicted octanol–water partition coefficient (Wildman–Crippen LogP) is 3.59. The van der Waals surface area contributed by atoms with Gasteiger partial charge in [-0.1, -0.05) is 30.3 Å². The Labute approximate surface area is 162 Å². The highest BCUT2D eigenvalue weighted by Crippen LogP contribution is 2.34. The topological polar surface area (TPSA) is 68.7 Å². The summed E-state index contributed by atoms with van der Waals surface area (Å²) < 4.78 is 11.2. The number of benzene rings is 2. The lowest BCUT2D eigenvalue weighted by Crippen LogP contribution is -2.27. The van der Waals surface area contributed by atoms with Gasteiger partial charge < -0.3 is 14.4 Å². The molecule has 2 heterocycles. The fraction of sp³-hybridized carbons (Fsp3) is 0.227. The maximum Gasteiger partial charge on any atom is 0.316 e. The third-order valence-electron chi connectivity index (χ3n) is 4.72. The smallest absolute Gasteiger partial charge is 0.316 e. The Morgan fingerprint density at radius 2 is 1.89 bits per heavy atom. The molecule has 28 heavy (non-hydrogen) atoms. The Hall–Kier alpha value is -3.41.